The summed E-state index contributed by atoms with van der Waals surface area (Å²) >= 11 is 0. The maximum Gasteiger partial charge on any atom is 0.310 e. The van der Waals surface area contributed by atoms with Crippen LogP contribution in [0.1, 0.15) is 25.1 Å². The molecule has 1 saturated heterocycles. The zero-order valence-corrected chi connectivity index (χ0v) is 20.4. The molecule has 2 unspecified atom stereocenters. The van der Waals surface area contributed by atoms with Gasteiger partial charge in [-0.1, -0.05) is 24.6 Å². The van der Waals surface area contributed by atoms with Crippen LogP contribution in [0, 0.1) is 18.8 Å². The third-order valence-electron chi connectivity index (χ3n) is 5.23. The van der Waals surface area contributed by atoms with Gasteiger partial charge in [-0.05, 0) is 31.9 Å². The van der Waals surface area contributed by atoms with Gasteiger partial charge in [-0.2, -0.15) is 0 Å². The Labute approximate surface area is 195 Å². The van der Waals surface area contributed by atoms with E-state index in [9.17, 15) is 4.79 Å². The summed E-state index contributed by atoms with van der Waals surface area (Å²) in [6.07, 6.45) is 2.39. The molecule has 1 aliphatic heterocycles. The van der Waals surface area contributed by atoms with Crippen molar-refractivity contribution in [2.75, 3.05) is 33.3 Å². The summed E-state index contributed by atoms with van der Waals surface area (Å²) in [4.78, 5) is 23.4. The predicted molar refractivity (Wildman–Crippen MR) is 128 cm³/mol. The molecule has 0 radical (unpaired) electrons. The summed E-state index contributed by atoms with van der Waals surface area (Å²) in [7, 11) is 1.44. The maximum atomic E-state index is 12.0. The van der Waals surface area contributed by atoms with Gasteiger partial charge in [-0.15, -0.1) is 24.0 Å². The van der Waals surface area contributed by atoms with E-state index in [1.54, 1.807) is 6.26 Å². The van der Waals surface area contributed by atoms with Crippen LogP contribution >= 0.6 is 24.0 Å². The van der Waals surface area contributed by atoms with Crippen molar-refractivity contribution >= 4 is 35.9 Å². The van der Waals surface area contributed by atoms with E-state index in [0.717, 1.165) is 30.3 Å². The number of halogens is 1. The average Bonchev–Trinajstić information content (AvgIpc) is 3.34. The fourth-order valence-electron chi connectivity index (χ4n) is 3.55. The summed E-state index contributed by atoms with van der Waals surface area (Å²) in [5.41, 5.74) is 3.05. The van der Waals surface area contributed by atoms with E-state index in [1.807, 2.05) is 31.2 Å². The minimum atomic E-state index is -0.151. The predicted octanol–water partition coefficient (Wildman–Crippen LogP) is 3.52. The number of hydrogen-bond acceptors (Lipinski definition) is 5. The minimum Gasteiger partial charge on any atom is -0.469 e. The average molecular weight is 526 g/mol. The van der Waals surface area contributed by atoms with Crippen LogP contribution in [0.2, 0.25) is 0 Å². The Morgan fingerprint density at radius 3 is 2.73 bits per heavy atom. The number of nitrogens with zero attached hydrogens (tertiary/aromatic N) is 3. The van der Waals surface area contributed by atoms with Gasteiger partial charge < -0.3 is 19.4 Å². The molecule has 0 spiro atoms. The molecule has 0 amide bonds. The number of aryl methyl sites for hydroxylation is 1. The Bertz CT molecular complexity index is 850. The molecule has 164 valence electrons. The van der Waals surface area contributed by atoms with Gasteiger partial charge in [-0.3, -0.25) is 9.79 Å². The van der Waals surface area contributed by atoms with Gasteiger partial charge in [0.1, 0.15) is 6.26 Å². The van der Waals surface area contributed by atoms with Crippen molar-refractivity contribution in [3.05, 3.63) is 41.8 Å². The molecule has 1 aliphatic rings. The molecular weight excluding hydrogens is 495 g/mol. The number of carbonyl (C=O) groups excluding carboxylic acids is 1. The lowest BCUT2D eigenvalue weighted by atomic mass is 9.99. The van der Waals surface area contributed by atoms with E-state index in [2.05, 4.69) is 29.0 Å². The van der Waals surface area contributed by atoms with E-state index in [0.29, 0.717) is 25.4 Å². The first-order chi connectivity index (χ1) is 14.0. The largest absolute Gasteiger partial charge is 0.469 e. The van der Waals surface area contributed by atoms with Crippen molar-refractivity contribution in [3.8, 4) is 11.5 Å². The molecule has 0 bridgehead atoms. The Morgan fingerprint density at radius 2 is 2.07 bits per heavy atom. The highest BCUT2D eigenvalue weighted by molar-refractivity contribution is 14.0. The molecule has 30 heavy (non-hydrogen) atoms. The monoisotopic (exact) mass is 526 g/mol. The highest BCUT2D eigenvalue weighted by atomic mass is 127. The third-order valence-corrected chi connectivity index (χ3v) is 5.23. The molecule has 1 aromatic heterocycles. The van der Waals surface area contributed by atoms with E-state index >= 15 is 0 Å². The van der Waals surface area contributed by atoms with Crippen LogP contribution in [0.15, 0.2) is 39.9 Å². The lowest BCUT2D eigenvalue weighted by Crippen LogP contribution is -2.40. The fraction of sp³-hybridized carbons (Fsp3) is 0.500. The van der Waals surface area contributed by atoms with Crippen LogP contribution in [-0.4, -0.2) is 55.1 Å². The fourth-order valence-corrected chi connectivity index (χ4v) is 3.55. The van der Waals surface area contributed by atoms with Crippen LogP contribution in [0.5, 0.6) is 0 Å². The zero-order valence-electron chi connectivity index (χ0n) is 18.1. The molecule has 2 heterocycles. The number of ether oxygens (including phenoxy) is 1. The van der Waals surface area contributed by atoms with Gasteiger partial charge in [-0.25, -0.2) is 4.98 Å². The second kappa shape index (κ2) is 11.3. The Balaban J connectivity index is 0.00000320. The van der Waals surface area contributed by atoms with Crippen LogP contribution in [-0.2, 0) is 16.0 Å². The number of likely N-dealkylation sites (tertiary alicyclic amines) is 1. The number of guanidine groups is 1. The number of aliphatic imine (C=N–C) groups is 1. The number of hydrogen-bond donors (Lipinski definition) is 1. The topological polar surface area (TPSA) is 80.0 Å². The summed E-state index contributed by atoms with van der Waals surface area (Å²) in [5.74, 6) is 1.43. The lowest BCUT2D eigenvalue weighted by molar-refractivity contribution is -0.145. The van der Waals surface area contributed by atoms with E-state index in [4.69, 9.17) is 14.1 Å². The van der Waals surface area contributed by atoms with Gasteiger partial charge in [0.25, 0.3) is 0 Å². The number of oxazole rings is 1. The molecule has 1 N–H and O–H groups in total. The van der Waals surface area contributed by atoms with Gasteiger partial charge in [0, 0.05) is 38.2 Å². The van der Waals surface area contributed by atoms with Crippen molar-refractivity contribution in [2.45, 2.75) is 27.2 Å². The molecule has 2 aromatic rings. The first-order valence-electron chi connectivity index (χ1n) is 10.1. The molecule has 7 nitrogen and oxygen atoms in total. The van der Waals surface area contributed by atoms with Gasteiger partial charge in [0.05, 0.1) is 18.7 Å². The Morgan fingerprint density at radius 1 is 1.33 bits per heavy atom. The third kappa shape index (κ3) is 5.96. The number of esters is 1. The molecule has 1 fully saturated rings. The molecule has 0 aliphatic carbocycles. The summed E-state index contributed by atoms with van der Waals surface area (Å²) < 4.78 is 10.6. The molecule has 3 rings (SSSR count). The highest BCUT2D eigenvalue weighted by Crippen LogP contribution is 2.24. The van der Waals surface area contributed by atoms with Crippen molar-refractivity contribution < 1.29 is 13.9 Å². The van der Waals surface area contributed by atoms with Crippen molar-refractivity contribution in [1.82, 2.24) is 15.2 Å². The van der Waals surface area contributed by atoms with Gasteiger partial charge in [0.2, 0.25) is 5.89 Å². The molecular formula is C22H31IN4O3. The Kier molecular flexibility index (Phi) is 9.13. The van der Waals surface area contributed by atoms with Crippen molar-refractivity contribution in [3.63, 3.8) is 0 Å². The highest BCUT2D eigenvalue weighted by Gasteiger charge is 2.36. The molecule has 8 heteroatoms. The van der Waals surface area contributed by atoms with Crippen molar-refractivity contribution in [2.24, 2.45) is 16.8 Å². The van der Waals surface area contributed by atoms with Crippen LogP contribution < -0.4 is 5.32 Å². The quantitative estimate of drug-likeness (QED) is 0.269. The number of benzene rings is 1. The summed E-state index contributed by atoms with van der Waals surface area (Å²) in [5, 5.41) is 3.33. The van der Waals surface area contributed by atoms with E-state index in [-0.39, 0.29) is 41.8 Å². The Hall–Kier alpha value is -2.10. The van der Waals surface area contributed by atoms with E-state index in [1.165, 1.54) is 12.7 Å². The van der Waals surface area contributed by atoms with E-state index < -0.39 is 0 Å². The smallest absolute Gasteiger partial charge is 0.310 e. The number of nitrogens with one attached hydrogen (secondary N) is 1. The second-order valence-electron chi connectivity index (χ2n) is 7.51. The van der Waals surface area contributed by atoms with Crippen LogP contribution in [0.4, 0.5) is 0 Å². The summed E-state index contributed by atoms with van der Waals surface area (Å²) in [6, 6.07) is 8.12. The number of carbonyl (C=O) groups is 1. The SMILES string of the molecule is CCNC(=NCCc1coc(-c2ccc(C)cc2)n1)N1CC(C)C(C(=O)OC)C1.I. The molecule has 0 saturated carbocycles. The first-order valence-corrected chi connectivity index (χ1v) is 10.1. The normalized spacial score (nSPS) is 18.8. The minimum absolute atomic E-state index is 0. The molecule has 2 atom stereocenters. The second-order valence-corrected chi connectivity index (χ2v) is 7.51. The van der Waals surface area contributed by atoms with Gasteiger partial charge >= 0.3 is 5.97 Å². The standard InChI is InChI=1S/C22H30N4O3.HI/c1-5-23-22(26-12-16(3)19(13-26)21(27)28-4)24-11-10-18-14-29-20(25-18)17-8-6-15(2)7-9-17;/h6-9,14,16,19H,5,10-13H2,1-4H3,(H,23,24);1H. The van der Waals surface area contributed by atoms with Crippen LogP contribution in [0.3, 0.4) is 0 Å². The van der Waals surface area contributed by atoms with Crippen molar-refractivity contribution in [1.29, 1.82) is 0 Å². The maximum absolute atomic E-state index is 12.0. The number of rotatable bonds is 6. The number of methoxy groups -OCH3 is 1. The lowest BCUT2D eigenvalue weighted by Gasteiger charge is -2.21. The molecule has 1 aromatic carbocycles. The number of aromatic nitrogens is 1. The zero-order chi connectivity index (χ0) is 20.8. The van der Waals surface area contributed by atoms with Crippen LogP contribution in [0.25, 0.3) is 11.5 Å². The van der Waals surface area contributed by atoms with Gasteiger partial charge in [0.15, 0.2) is 5.96 Å². The first kappa shape index (κ1) is 24.2. The summed E-state index contributed by atoms with van der Waals surface area (Å²) in [6.45, 7) is 8.95.